The maximum Gasteiger partial charge on any atom is 0.139 e. The van der Waals surface area contributed by atoms with Gasteiger partial charge in [-0.2, -0.15) is 0 Å². The molecule has 4 rings (SSSR count). The van der Waals surface area contributed by atoms with Crippen LogP contribution in [-0.4, -0.2) is 11.6 Å². The van der Waals surface area contributed by atoms with Crippen molar-refractivity contribution in [2.75, 3.05) is 0 Å². The van der Waals surface area contributed by atoms with E-state index in [9.17, 15) is 9.59 Å². The van der Waals surface area contributed by atoms with Crippen LogP contribution in [0.1, 0.15) is 71.1 Å². The minimum absolute atomic E-state index is 0.00323. The Balaban J connectivity index is 1.59. The minimum Gasteiger partial charge on any atom is -0.300 e. The topological polar surface area (TPSA) is 34.1 Å². The van der Waals surface area contributed by atoms with Gasteiger partial charge >= 0.3 is 0 Å². The standard InChI is InChI=1S/C19H28O2/c1-19-10-9-15-14-8-6-13(20)11-12(14)5-7-16(15)17(19)3-2-4-18(19)21/h12,14-17H,2-11H2,1H3/t12-,14+,15-,16-,17+,19+/m1/s1. The molecule has 4 fully saturated rings. The van der Waals surface area contributed by atoms with Crippen LogP contribution in [0.15, 0.2) is 0 Å². The molecule has 4 aliphatic carbocycles. The van der Waals surface area contributed by atoms with E-state index in [1.807, 2.05) is 0 Å². The van der Waals surface area contributed by atoms with E-state index in [0.717, 1.165) is 56.3 Å². The summed E-state index contributed by atoms with van der Waals surface area (Å²) in [5.41, 5.74) is -0.00323. The van der Waals surface area contributed by atoms with Gasteiger partial charge in [-0.05, 0) is 74.5 Å². The van der Waals surface area contributed by atoms with Gasteiger partial charge in [0.15, 0.2) is 0 Å². The minimum atomic E-state index is -0.00323. The molecule has 0 aromatic heterocycles. The summed E-state index contributed by atoms with van der Waals surface area (Å²) in [4.78, 5) is 24.3. The van der Waals surface area contributed by atoms with Crippen molar-refractivity contribution in [1.29, 1.82) is 0 Å². The highest BCUT2D eigenvalue weighted by atomic mass is 16.1. The second-order valence-corrected chi connectivity index (χ2v) is 8.49. The summed E-state index contributed by atoms with van der Waals surface area (Å²) >= 11 is 0. The van der Waals surface area contributed by atoms with E-state index in [2.05, 4.69) is 6.92 Å². The highest BCUT2D eigenvalue weighted by molar-refractivity contribution is 5.85. The second kappa shape index (κ2) is 4.93. The van der Waals surface area contributed by atoms with Crippen LogP contribution in [0.25, 0.3) is 0 Å². The van der Waals surface area contributed by atoms with E-state index >= 15 is 0 Å². The number of rotatable bonds is 0. The molecular formula is C19H28O2. The van der Waals surface area contributed by atoms with Crippen LogP contribution < -0.4 is 0 Å². The summed E-state index contributed by atoms with van der Waals surface area (Å²) in [5, 5.41) is 0. The van der Waals surface area contributed by atoms with E-state index in [1.54, 1.807) is 0 Å². The number of carbonyl (C=O) groups excluding carboxylic acids is 2. The van der Waals surface area contributed by atoms with Gasteiger partial charge in [0, 0.05) is 24.7 Å². The van der Waals surface area contributed by atoms with Gasteiger partial charge in [0.1, 0.15) is 11.6 Å². The summed E-state index contributed by atoms with van der Waals surface area (Å²) in [6.07, 6.45) is 10.9. The van der Waals surface area contributed by atoms with Crippen LogP contribution in [0, 0.1) is 35.0 Å². The normalized spacial score (nSPS) is 50.0. The Hall–Kier alpha value is -0.660. The third kappa shape index (κ3) is 2.04. The quantitative estimate of drug-likeness (QED) is 0.670. The highest BCUT2D eigenvalue weighted by Gasteiger charge is 2.55. The molecule has 0 N–H and O–H groups in total. The summed E-state index contributed by atoms with van der Waals surface area (Å²) in [5.74, 6) is 4.78. The van der Waals surface area contributed by atoms with E-state index < -0.39 is 0 Å². The molecule has 0 radical (unpaired) electrons. The molecule has 116 valence electrons. The van der Waals surface area contributed by atoms with E-state index in [4.69, 9.17) is 0 Å². The number of hydrogen-bond donors (Lipinski definition) is 0. The molecule has 0 saturated heterocycles. The molecule has 0 aromatic rings. The molecule has 0 amide bonds. The molecule has 6 atom stereocenters. The van der Waals surface area contributed by atoms with Crippen molar-refractivity contribution < 1.29 is 9.59 Å². The fourth-order valence-corrected chi connectivity index (χ4v) is 6.63. The van der Waals surface area contributed by atoms with E-state index in [-0.39, 0.29) is 5.41 Å². The lowest BCUT2D eigenvalue weighted by Crippen LogP contribution is -2.53. The van der Waals surface area contributed by atoms with Crippen molar-refractivity contribution in [1.82, 2.24) is 0 Å². The Kier molecular flexibility index (Phi) is 3.28. The Bertz CT molecular complexity index is 468. The number of fused-ring (bicyclic) bond motifs is 5. The number of carbonyl (C=O) groups is 2. The van der Waals surface area contributed by atoms with Crippen LogP contribution in [0.2, 0.25) is 0 Å². The number of ketones is 2. The Morgan fingerprint density at radius 3 is 2.62 bits per heavy atom. The van der Waals surface area contributed by atoms with Gasteiger partial charge in [0.2, 0.25) is 0 Å². The maximum atomic E-state index is 12.5. The molecule has 2 heteroatoms. The third-order valence-corrected chi connectivity index (χ3v) is 7.71. The molecule has 21 heavy (non-hydrogen) atoms. The fourth-order valence-electron chi connectivity index (χ4n) is 6.63. The highest BCUT2D eigenvalue weighted by Crippen LogP contribution is 2.60. The van der Waals surface area contributed by atoms with Crippen LogP contribution in [0.3, 0.4) is 0 Å². The monoisotopic (exact) mass is 288 g/mol. The zero-order chi connectivity index (χ0) is 14.6. The van der Waals surface area contributed by atoms with Crippen molar-refractivity contribution in [3.8, 4) is 0 Å². The van der Waals surface area contributed by atoms with Crippen LogP contribution in [-0.2, 0) is 9.59 Å². The third-order valence-electron chi connectivity index (χ3n) is 7.71. The molecule has 0 aromatic carbocycles. The first-order chi connectivity index (χ1) is 10.1. The fraction of sp³-hybridized carbons (Fsp3) is 0.895. The summed E-state index contributed by atoms with van der Waals surface area (Å²) in [7, 11) is 0. The van der Waals surface area contributed by atoms with Gasteiger partial charge in [-0.15, -0.1) is 0 Å². The first kappa shape index (κ1) is 14.0. The summed E-state index contributed by atoms with van der Waals surface area (Å²) in [6.45, 7) is 2.27. The number of Topliss-reactive ketones (excluding diaryl/α,β-unsaturated/α-hetero) is 2. The molecular weight excluding hydrogens is 260 g/mol. The van der Waals surface area contributed by atoms with Crippen molar-refractivity contribution in [3.05, 3.63) is 0 Å². The lowest BCUT2D eigenvalue weighted by Gasteiger charge is -2.57. The maximum absolute atomic E-state index is 12.5. The Morgan fingerprint density at radius 1 is 0.905 bits per heavy atom. The zero-order valence-electron chi connectivity index (χ0n) is 13.3. The Labute approximate surface area is 128 Å². The van der Waals surface area contributed by atoms with Crippen molar-refractivity contribution >= 4 is 11.6 Å². The van der Waals surface area contributed by atoms with Gasteiger partial charge in [-0.3, -0.25) is 9.59 Å². The molecule has 0 unspecified atom stereocenters. The van der Waals surface area contributed by atoms with Crippen molar-refractivity contribution in [2.24, 2.45) is 35.0 Å². The average molecular weight is 288 g/mol. The predicted octanol–water partition coefficient (Wildman–Crippen LogP) is 4.17. The number of hydrogen-bond acceptors (Lipinski definition) is 2. The molecule has 2 nitrogen and oxygen atoms in total. The van der Waals surface area contributed by atoms with Gasteiger partial charge in [0.05, 0.1) is 0 Å². The molecule has 0 bridgehead atoms. The second-order valence-electron chi connectivity index (χ2n) is 8.49. The molecule has 0 spiro atoms. The molecule has 4 aliphatic rings. The average Bonchev–Trinajstić information content (AvgIpc) is 2.48. The van der Waals surface area contributed by atoms with Gasteiger partial charge < -0.3 is 0 Å². The van der Waals surface area contributed by atoms with Gasteiger partial charge in [-0.25, -0.2) is 0 Å². The van der Waals surface area contributed by atoms with E-state index in [0.29, 0.717) is 23.4 Å². The smallest absolute Gasteiger partial charge is 0.139 e. The summed E-state index contributed by atoms with van der Waals surface area (Å²) in [6, 6.07) is 0. The molecule has 0 heterocycles. The van der Waals surface area contributed by atoms with Crippen LogP contribution in [0.4, 0.5) is 0 Å². The lowest BCUT2D eigenvalue weighted by atomic mass is 9.47. The van der Waals surface area contributed by atoms with Crippen LogP contribution >= 0.6 is 0 Å². The molecule has 4 saturated carbocycles. The predicted molar refractivity (Wildman–Crippen MR) is 81.7 cm³/mol. The first-order valence-electron chi connectivity index (χ1n) is 9.14. The zero-order valence-corrected chi connectivity index (χ0v) is 13.3. The van der Waals surface area contributed by atoms with Gasteiger partial charge in [-0.1, -0.05) is 6.92 Å². The van der Waals surface area contributed by atoms with Crippen molar-refractivity contribution in [3.63, 3.8) is 0 Å². The lowest BCUT2D eigenvalue weighted by molar-refractivity contribution is -0.147. The van der Waals surface area contributed by atoms with Crippen LogP contribution in [0.5, 0.6) is 0 Å². The van der Waals surface area contributed by atoms with Gasteiger partial charge in [0.25, 0.3) is 0 Å². The largest absolute Gasteiger partial charge is 0.300 e. The Morgan fingerprint density at radius 2 is 1.76 bits per heavy atom. The first-order valence-corrected chi connectivity index (χ1v) is 9.14. The summed E-state index contributed by atoms with van der Waals surface area (Å²) < 4.78 is 0. The van der Waals surface area contributed by atoms with E-state index in [1.165, 1.54) is 25.7 Å². The SMILES string of the molecule is C[C@]12CC[C@H]3[C@@H](CC[C@@H]4CC(=O)CC[C@@H]43)[C@@H]1CCCC2=O. The molecule has 0 aliphatic heterocycles. The van der Waals surface area contributed by atoms with Crippen molar-refractivity contribution in [2.45, 2.75) is 71.1 Å².